The van der Waals surface area contributed by atoms with Crippen LogP contribution in [-0.4, -0.2) is 44.6 Å². The summed E-state index contributed by atoms with van der Waals surface area (Å²) in [5.41, 5.74) is 1.26. The molecule has 7 nitrogen and oxygen atoms in total. The third-order valence-corrected chi connectivity index (χ3v) is 3.82. The van der Waals surface area contributed by atoms with Crippen LogP contribution in [0.25, 0.3) is 22.4 Å². The van der Waals surface area contributed by atoms with Crippen molar-refractivity contribution in [3.63, 3.8) is 0 Å². The van der Waals surface area contributed by atoms with Crippen molar-refractivity contribution in [2.45, 2.75) is 19.1 Å². The van der Waals surface area contributed by atoms with Gasteiger partial charge in [-0.1, -0.05) is 11.6 Å². The first-order chi connectivity index (χ1) is 12.7. The van der Waals surface area contributed by atoms with Crippen LogP contribution < -0.4 is 10.6 Å². The van der Waals surface area contributed by atoms with Crippen LogP contribution in [0.5, 0.6) is 0 Å². The number of amides is 1. The number of fused-ring (bicyclic) bond motifs is 1. The smallest absolute Gasteiger partial charge is 0.359 e. The maximum Gasteiger partial charge on any atom is 0.405 e. The molecule has 0 saturated heterocycles. The van der Waals surface area contributed by atoms with Gasteiger partial charge >= 0.3 is 6.18 Å². The first-order valence-electron chi connectivity index (χ1n) is 7.80. The second kappa shape index (κ2) is 7.39. The number of anilines is 1. The number of halogens is 4. The zero-order chi connectivity index (χ0) is 19.6. The molecule has 0 fully saturated rings. The van der Waals surface area contributed by atoms with Crippen LogP contribution in [0.2, 0.25) is 5.02 Å². The molecule has 3 rings (SSSR count). The Morgan fingerprint density at radius 3 is 2.89 bits per heavy atom. The number of alkyl halides is 3. The molecule has 0 aliphatic rings. The zero-order valence-electron chi connectivity index (χ0n) is 13.9. The van der Waals surface area contributed by atoms with Gasteiger partial charge in [0.25, 0.3) is 0 Å². The molecule has 0 unspecified atom stereocenters. The summed E-state index contributed by atoms with van der Waals surface area (Å²) in [6.45, 7) is 0.0405. The fourth-order valence-corrected chi connectivity index (χ4v) is 2.52. The van der Waals surface area contributed by atoms with Gasteiger partial charge in [0.15, 0.2) is 5.82 Å². The average molecular weight is 399 g/mol. The number of hydrogen-bond donors (Lipinski definition) is 3. The monoisotopic (exact) mass is 398 g/mol. The number of aromatic amines is 1. The van der Waals surface area contributed by atoms with Gasteiger partial charge in [-0.05, 0) is 19.1 Å². The number of nitrogens with one attached hydrogen (secondary N) is 3. The van der Waals surface area contributed by atoms with Crippen LogP contribution >= 0.6 is 11.6 Å². The van der Waals surface area contributed by atoms with E-state index >= 15 is 0 Å². The molecule has 3 N–H and O–H groups in total. The molecule has 3 heterocycles. The van der Waals surface area contributed by atoms with Crippen molar-refractivity contribution in [2.75, 3.05) is 11.9 Å². The fraction of sp³-hybridized carbons (Fsp3) is 0.250. The normalized spacial score (nSPS) is 12.8. The molecule has 0 aromatic carbocycles. The Balaban J connectivity index is 1.77. The molecule has 1 amide bonds. The highest BCUT2D eigenvalue weighted by Crippen LogP contribution is 2.27. The Hall–Kier alpha value is -2.88. The van der Waals surface area contributed by atoms with Gasteiger partial charge in [0, 0.05) is 29.5 Å². The fourth-order valence-electron chi connectivity index (χ4n) is 2.36. The van der Waals surface area contributed by atoms with Gasteiger partial charge < -0.3 is 15.6 Å². The van der Waals surface area contributed by atoms with E-state index in [-0.39, 0.29) is 0 Å². The van der Waals surface area contributed by atoms with Crippen LogP contribution in [-0.2, 0) is 4.79 Å². The van der Waals surface area contributed by atoms with E-state index in [1.165, 1.54) is 25.4 Å². The van der Waals surface area contributed by atoms with Crippen LogP contribution in [0.3, 0.4) is 0 Å². The summed E-state index contributed by atoms with van der Waals surface area (Å²) in [7, 11) is 0. The van der Waals surface area contributed by atoms with Crippen molar-refractivity contribution in [3.8, 4) is 11.4 Å². The lowest BCUT2D eigenvalue weighted by Crippen LogP contribution is -2.42. The molecule has 0 radical (unpaired) electrons. The van der Waals surface area contributed by atoms with Gasteiger partial charge in [0.05, 0.1) is 5.02 Å². The summed E-state index contributed by atoms with van der Waals surface area (Å²) < 4.78 is 36.6. The largest absolute Gasteiger partial charge is 0.405 e. The first-order valence-corrected chi connectivity index (χ1v) is 8.18. The molecule has 3 aromatic heterocycles. The number of hydrogen-bond acceptors (Lipinski definition) is 5. The molecule has 0 saturated carbocycles. The van der Waals surface area contributed by atoms with E-state index in [1.807, 2.05) is 5.32 Å². The van der Waals surface area contributed by atoms with Crippen molar-refractivity contribution in [2.24, 2.45) is 0 Å². The molecular weight excluding hydrogens is 385 g/mol. The van der Waals surface area contributed by atoms with Crippen molar-refractivity contribution < 1.29 is 18.0 Å². The summed E-state index contributed by atoms with van der Waals surface area (Å²) in [5.74, 6) is -0.159. The second-order valence-electron chi connectivity index (χ2n) is 5.72. The standard InChI is InChI=1S/C16H14ClF3N6O/c1-8(15(27)24-7-16(18,19)20)25-12-2-3-21-14(26-12)11-6-23-13-10(11)4-9(17)5-22-13/h2-6,8H,7H2,1H3,(H,22,23)(H,24,27)(H,21,25,26)/t8-/m0/s1. The Morgan fingerprint density at radius 2 is 2.15 bits per heavy atom. The van der Waals surface area contributed by atoms with Gasteiger partial charge in [-0.2, -0.15) is 13.2 Å². The molecule has 1 atom stereocenters. The maximum atomic E-state index is 12.2. The minimum atomic E-state index is -4.47. The minimum absolute atomic E-state index is 0.291. The topological polar surface area (TPSA) is 95.6 Å². The highest BCUT2D eigenvalue weighted by atomic mass is 35.5. The highest BCUT2D eigenvalue weighted by Gasteiger charge is 2.28. The Morgan fingerprint density at radius 1 is 1.37 bits per heavy atom. The summed E-state index contributed by atoms with van der Waals surface area (Å²) >= 11 is 5.98. The third-order valence-electron chi connectivity index (χ3n) is 3.61. The van der Waals surface area contributed by atoms with Crippen molar-refractivity contribution >= 4 is 34.4 Å². The summed E-state index contributed by atoms with van der Waals surface area (Å²) in [6, 6.07) is 2.30. The highest BCUT2D eigenvalue weighted by molar-refractivity contribution is 6.31. The summed E-state index contributed by atoms with van der Waals surface area (Å²) in [5, 5.41) is 5.74. The van der Waals surface area contributed by atoms with E-state index in [9.17, 15) is 18.0 Å². The maximum absolute atomic E-state index is 12.2. The Labute approximate surface area is 156 Å². The molecule has 0 aliphatic heterocycles. The number of pyridine rings is 1. The van der Waals surface area contributed by atoms with E-state index in [4.69, 9.17) is 11.6 Å². The second-order valence-corrected chi connectivity index (χ2v) is 6.15. The molecule has 11 heteroatoms. The van der Waals surface area contributed by atoms with Crippen LogP contribution in [0.4, 0.5) is 19.0 Å². The molecule has 0 bridgehead atoms. The van der Waals surface area contributed by atoms with Gasteiger partial charge in [0.2, 0.25) is 5.91 Å². The number of H-pyrrole nitrogens is 1. The van der Waals surface area contributed by atoms with Crippen molar-refractivity contribution in [1.29, 1.82) is 0 Å². The van der Waals surface area contributed by atoms with Crippen LogP contribution in [0.1, 0.15) is 6.92 Å². The lowest BCUT2D eigenvalue weighted by atomic mass is 10.2. The molecule has 0 spiro atoms. The first kappa shape index (κ1) is 18.9. The van der Waals surface area contributed by atoms with E-state index in [0.717, 1.165) is 5.39 Å². The Bertz CT molecular complexity index is 974. The predicted octanol–water partition coefficient (Wildman–Crippen LogP) is 3.15. The number of carbonyl (C=O) groups excluding carboxylic acids is 1. The van der Waals surface area contributed by atoms with Gasteiger partial charge in [0.1, 0.15) is 24.1 Å². The number of rotatable bonds is 5. The number of nitrogens with zero attached hydrogens (tertiary/aromatic N) is 3. The van der Waals surface area contributed by atoms with Gasteiger partial charge in [-0.15, -0.1) is 0 Å². The molecule has 0 aliphatic carbocycles. The van der Waals surface area contributed by atoms with Gasteiger partial charge in [-0.25, -0.2) is 15.0 Å². The molecule has 3 aromatic rings. The van der Waals surface area contributed by atoms with E-state index < -0.39 is 24.7 Å². The van der Waals surface area contributed by atoms with Gasteiger partial charge in [-0.3, -0.25) is 4.79 Å². The van der Waals surface area contributed by atoms with Crippen molar-refractivity contribution in [1.82, 2.24) is 25.3 Å². The van der Waals surface area contributed by atoms with E-state index in [2.05, 4.69) is 25.3 Å². The Kier molecular flexibility index (Phi) is 5.17. The summed E-state index contributed by atoms with van der Waals surface area (Å²) in [6.07, 6.45) is 0.181. The lowest BCUT2D eigenvalue weighted by molar-refractivity contribution is -0.138. The number of aromatic nitrogens is 4. The quantitative estimate of drug-likeness (QED) is 0.613. The van der Waals surface area contributed by atoms with E-state index in [0.29, 0.717) is 27.9 Å². The number of carbonyl (C=O) groups is 1. The lowest BCUT2D eigenvalue weighted by Gasteiger charge is -2.15. The van der Waals surface area contributed by atoms with Crippen LogP contribution in [0.15, 0.2) is 30.7 Å². The minimum Gasteiger partial charge on any atom is -0.359 e. The molecule has 27 heavy (non-hydrogen) atoms. The average Bonchev–Trinajstić information content (AvgIpc) is 3.02. The molecular formula is C16H14ClF3N6O. The van der Waals surface area contributed by atoms with Crippen molar-refractivity contribution in [3.05, 3.63) is 35.7 Å². The van der Waals surface area contributed by atoms with Crippen LogP contribution in [0, 0.1) is 0 Å². The SMILES string of the molecule is C[C@H](Nc1ccnc(-c2c[nH]c3ncc(Cl)cc23)n1)C(=O)NCC(F)(F)F. The molecule has 142 valence electrons. The zero-order valence-corrected chi connectivity index (χ0v) is 14.7. The summed E-state index contributed by atoms with van der Waals surface area (Å²) in [4.78, 5) is 27.4. The predicted molar refractivity (Wildman–Crippen MR) is 94.3 cm³/mol. The third kappa shape index (κ3) is 4.64. The van der Waals surface area contributed by atoms with E-state index in [1.54, 1.807) is 12.3 Å².